The van der Waals surface area contributed by atoms with Crippen LogP contribution in [0.3, 0.4) is 0 Å². The molecule has 0 spiro atoms. The van der Waals surface area contributed by atoms with E-state index >= 15 is 0 Å². The molecule has 4 N–H and O–H groups in total. The summed E-state index contributed by atoms with van der Waals surface area (Å²) in [5.41, 5.74) is 3.37. The van der Waals surface area contributed by atoms with Crippen LogP contribution in [0, 0.1) is 0 Å². The van der Waals surface area contributed by atoms with Gasteiger partial charge in [0.25, 0.3) is 0 Å². The van der Waals surface area contributed by atoms with Crippen molar-refractivity contribution in [2.75, 3.05) is 19.1 Å². The van der Waals surface area contributed by atoms with Crippen LogP contribution in [0.4, 0.5) is 17.1 Å². The lowest BCUT2D eigenvalue weighted by atomic mass is 9.82. The van der Waals surface area contributed by atoms with Crippen LogP contribution in [-0.2, 0) is 6.54 Å². The number of carbonyl (C=O) groups is 2. The minimum absolute atomic E-state index is 0.148. The molecule has 156 valence electrons. The van der Waals surface area contributed by atoms with E-state index in [1.807, 2.05) is 43.3 Å². The second-order valence-electron chi connectivity index (χ2n) is 7.55. The van der Waals surface area contributed by atoms with Crippen molar-refractivity contribution in [2.24, 2.45) is 22.0 Å². The van der Waals surface area contributed by atoms with Crippen LogP contribution in [-0.4, -0.2) is 30.6 Å². The molecular weight excluding hydrogens is 392 g/mol. The van der Waals surface area contributed by atoms with Crippen molar-refractivity contribution in [2.45, 2.75) is 6.54 Å². The van der Waals surface area contributed by atoms with E-state index in [1.165, 1.54) is 5.01 Å². The molecule has 0 heterocycles. The van der Waals surface area contributed by atoms with E-state index < -0.39 is 0 Å². The summed E-state index contributed by atoms with van der Waals surface area (Å²) < 4.78 is 0. The molecule has 31 heavy (non-hydrogen) atoms. The maximum absolute atomic E-state index is 13.4. The highest BCUT2D eigenvalue weighted by atomic mass is 16.1. The molecule has 8 nitrogen and oxygen atoms in total. The van der Waals surface area contributed by atoms with Gasteiger partial charge in [-0.3, -0.25) is 14.6 Å². The van der Waals surface area contributed by atoms with Crippen LogP contribution in [0.5, 0.6) is 0 Å². The van der Waals surface area contributed by atoms with Gasteiger partial charge in [-0.25, -0.2) is 5.84 Å². The smallest absolute Gasteiger partial charge is 0.196 e. The number of hydrogen-bond acceptors (Lipinski definition) is 7. The van der Waals surface area contributed by atoms with Crippen LogP contribution in [0.15, 0.2) is 71.0 Å². The Labute approximate surface area is 179 Å². The van der Waals surface area contributed by atoms with Crippen molar-refractivity contribution < 1.29 is 9.59 Å². The van der Waals surface area contributed by atoms with E-state index in [4.69, 9.17) is 11.7 Å². The Bertz CT molecular complexity index is 1220. The van der Waals surface area contributed by atoms with E-state index in [0.717, 1.165) is 12.1 Å². The van der Waals surface area contributed by atoms with Gasteiger partial charge in [0.2, 0.25) is 0 Å². The summed E-state index contributed by atoms with van der Waals surface area (Å²) in [7, 11) is 3.96. The first-order valence-corrected chi connectivity index (χ1v) is 9.67. The van der Waals surface area contributed by atoms with Gasteiger partial charge in [0, 0.05) is 17.7 Å². The third-order valence-electron chi connectivity index (χ3n) is 5.14. The van der Waals surface area contributed by atoms with Crippen molar-refractivity contribution in [3.8, 4) is 0 Å². The summed E-state index contributed by atoms with van der Waals surface area (Å²) in [4.78, 5) is 28.8. The summed E-state index contributed by atoms with van der Waals surface area (Å²) in [5.74, 6) is 11.1. The zero-order valence-electron chi connectivity index (χ0n) is 17.2. The van der Waals surface area contributed by atoms with Crippen molar-refractivity contribution in [3.63, 3.8) is 0 Å². The van der Waals surface area contributed by atoms with Crippen molar-refractivity contribution in [3.05, 3.63) is 88.5 Å². The van der Waals surface area contributed by atoms with Crippen molar-refractivity contribution in [1.82, 2.24) is 4.90 Å². The lowest BCUT2D eigenvalue weighted by molar-refractivity contribution is 0.0980. The summed E-state index contributed by atoms with van der Waals surface area (Å²) >= 11 is 0. The van der Waals surface area contributed by atoms with E-state index in [0.29, 0.717) is 22.5 Å². The molecule has 0 aliphatic heterocycles. The van der Waals surface area contributed by atoms with Gasteiger partial charge in [-0.2, -0.15) is 0 Å². The van der Waals surface area contributed by atoms with Gasteiger partial charge < -0.3 is 10.7 Å². The van der Waals surface area contributed by atoms with Gasteiger partial charge in [0.05, 0.1) is 28.2 Å². The fourth-order valence-electron chi connectivity index (χ4n) is 3.84. The lowest BCUT2D eigenvalue weighted by Gasteiger charge is -2.27. The van der Waals surface area contributed by atoms with Crippen LogP contribution >= 0.6 is 0 Å². The molecule has 0 fully saturated rings. The standard InChI is InChI=1S/C23H22N6O2/c1-28(2)13-14-6-5-7-15(12-14)29(25)19-11-10-18(26-27-24)20-21(19)23(31)17-9-4-3-8-16(17)22(20)30/h3-12H,13,25H2,1-2H3,(H2,24,26). The fraction of sp³-hybridized carbons (Fsp3) is 0.130. The molecule has 3 aromatic rings. The Morgan fingerprint density at radius 2 is 1.55 bits per heavy atom. The van der Waals surface area contributed by atoms with E-state index in [1.54, 1.807) is 36.4 Å². The Morgan fingerprint density at radius 1 is 0.871 bits per heavy atom. The normalized spacial score (nSPS) is 12.9. The van der Waals surface area contributed by atoms with Crippen LogP contribution in [0.25, 0.3) is 0 Å². The highest BCUT2D eigenvalue weighted by Crippen LogP contribution is 2.40. The number of ketones is 2. The second-order valence-corrected chi connectivity index (χ2v) is 7.55. The van der Waals surface area contributed by atoms with Gasteiger partial charge in [0.1, 0.15) is 0 Å². The molecule has 1 aliphatic carbocycles. The number of rotatable bonds is 5. The first-order valence-electron chi connectivity index (χ1n) is 9.67. The van der Waals surface area contributed by atoms with Gasteiger partial charge in [-0.05, 0) is 43.9 Å². The average Bonchev–Trinajstić information content (AvgIpc) is 2.76. The van der Waals surface area contributed by atoms with E-state index in [-0.39, 0.29) is 28.4 Å². The number of anilines is 2. The predicted octanol–water partition coefficient (Wildman–Crippen LogP) is 3.49. The monoisotopic (exact) mass is 414 g/mol. The quantitative estimate of drug-likeness (QED) is 0.293. The van der Waals surface area contributed by atoms with Crippen LogP contribution in [0.2, 0.25) is 0 Å². The third kappa shape index (κ3) is 3.58. The number of benzene rings is 3. The average molecular weight is 414 g/mol. The zero-order chi connectivity index (χ0) is 22.1. The van der Waals surface area contributed by atoms with Gasteiger partial charge >= 0.3 is 0 Å². The predicted molar refractivity (Wildman–Crippen MR) is 119 cm³/mol. The first kappa shape index (κ1) is 20.4. The van der Waals surface area contributed by atoms with Crippen molar-refractivity contribution >= 4 is 28.6 Å². The molecular formula is C23H22N6O2. The molecule has 0 unspecified atom stereocenters. The molecule has 0 saturated carbocycles. The van der Waals surface area contributed by atoms with Crippen LogP contribution < -0.4 is 16.7 Å². The number of hydrazine groups is 1. The zero-order valence-corrected chi connectivity index (χ0v) is 17.2. The summed E-state index contributed by atoms with van der Waals surface area (Å²) in [5, 5.41) is 8.59. The molecule has 0 atom stereocenters. The molecule has 0 radical (unpaired) electrons. The highest BCUT2D eigenvalue weighted by Gasteiger charge is 2.35. The third-order valence-corrected chi connectivity index (χ3v) is 5.14. The van der Waals surface area contributed by atoms with Gasteiger partial charge in [0.15, 0.2) is 11.6 Å². The summed E-state index contributed by atoms with van der Waals surface area (Å²) in [6.45, 7) is 0.737. The molecule has 4 rings (SSSR count). The Kier molecular flexibility index (Phi) is 5.33. The largest absolute Gasteiger partial charge is 0.305 e. The minimum atomic E-state index is -0.316. The lowest BCUT2D eigenvalue weighted by Crippen LogP contribution is -2.30. The van der Waals surface area contributed by atoms with E-state index in [2.05, 4.69) is 10.3 Å². The molecule has 3 aromatic carbocycles. The number of fused-ring (bicyclic) bond motifs is 2. The molecule has 8 heteroatoms. The Balaban J connectivity index is 1.89. The SMILES string of the molecule is CN(C)Cc1cccc(N(N)c2ccc(N=NN)c3c2C(=O)c2ccccc2C3=O)c1. The van der Waals surface area contributed by atoms with Crippen molar-refractivity contribution in [1.29, 1.82) is 0 Å². The maximum atomic E-state index is 13.4. The highest BCUT2D eigenvalue weighted by molar-refractivity contribution is 6.31. The topological polar surface area (TPSA) is 117 Å². The first-order chi connectivity index (χ1) is 14.9. The number of nitrogens with two attached hydrogens (primary N) is 2. The van der Waals surface area contributed by atoms with E-state index in [9.17, 15) is 9.59 Å². The summed E-state index contributed by atoms with van der Waals surface area (Å²) in [6.07, 6.45) is 0. The molecule has 0 bridgehead atoms. The van der Waals surface area contributed by atoms with Gasteiger partial charge in [-0.1, -0.05) is 41.6 Å². The maximum Gasteiger partial charge on any atom is 0.196 e. The molecule has 0 amide bonds. The van der Waals surface area contributed by atoms with Gasteiger partial charge in [-0.15, -0.1) is 5.11 Å². The number of carbonyl (C=O) groups excluding carboxylic acids is 2. The second kappa shape index (κ2) is 8.10. The Hall–Kier alpha value is -3.88. The number of hydrogen-bond donors (Lipinski definition) is 2. The Morgan fingerprint density at radius 3 is 2.19 bits per heavy atom. The number of nitrogens with zero attached hydrogens (tertiary/aromatic N) is 4. The molecule has 1 aliphatic rings. The molecule has 0 aromatic heterocycles. The minimum Gasteiger partial charge on any atom is -0.305 e. The fourth-order valence-corrected chi connectivity index (χ4v) is 3.84. The summed E-state index contributed by atoms with van der Waals surface area (Å²) in [6, 6.07) is 17.6. The molecule has 0 saturated heterocycles. The van der Waals surface area contributed by atoms with Crippen LogP contribution in [0.1, 0.15) is 37.4 Å².